The summed E-state index contributed by atoms with van der Waals surface area (Å²) in [6, 6.07) is 20.0. The maximum absolute atomic E-state index is 12.6. The molecule has 1 aromatic heterocycles. The number of thiazole rings is 1. The van der Waals surface area contributed by atoms with Crippen molar-refractivity contribution in [3.8, 4) is 11.3 Å². The molecule has 0 bridgehead atoms. The van der Waals surface area contributed by atoms with Crippen LogP contribution in [-0.4, -0.2) is 29.9 Å². The van der Waals surface area contributed by atoms with E-state index in [-0.39, 0.29) is 11.2 Å². The van der Waals surface area contributed by atoms with Crippen molar-refractivity contribution < 1.29 is 4.79 Å². The fraction of sp³-hybridized carbons (Fsp3) is 0.158. The zero-order chi connectivity index (χ0) is 16.9. The topological polar surface area (TPSA) is 33.2 Å². The standard InChI is InChI=1S/C19H18N2OS2/c1-21(2)18(22)17(15-11-7-4-8-12-15)24-19-20-16(13-23-19)14-9-5-3-6-10-14/h3-13,17H,1-2H3/t17-/m1/s1. The van der Waals surface area contributed by atoms with Gasteiger partial charge in [-0.25, -0.2) is 4.98 Å². The molecule has 0 saturated carbocycles. The average Bonchev–Trinajstić information content (AvgIpc) is 3.09. The smallest absolute Gasteiger partial charge is 0.240 e. The van der Waals surface area contributed by atoms with E-state index >= 15 is 0 Å². The van der Waals surface area contributed by atoms with Gasteiger partial charge in [-0.1, -0.05) is 72.4 Å². The van der Waals surface area contributed by atoms with Gasteiger partial charge in [-0.15, -0.1) is 11.3 Å². The van der Waals surface area contributed by atoms with Crippen LogP contribution in [0.3, 0.4) is 0 Å². The van der Waals surface area contributed by atoms with Gasteiger partial charge in [0, 0.05) is 25.0 Å². The summed E-state index contributed by atoms with van der Waals surface area (Å²) in [7, 11) is 3.58. The van der Waals surface area contributed by atoms with Gasteiger partial charge in [-0.3, -0.25) is 4.79 Å². The molecule has 1 atom stereocenters. The maximum atomic E-state index is 12.6. The van der Waals surface area contributed by atoms with Crippen LogP contribution in [0.4, 0.5) is 0 Å². The lowest BCUT2D eigenvalue weighted by Gasteiger charge is -2.19. The number of hydrogen-bond acceptors (Lipinski definition) is 4. The zero-order valence-corrected chi connectivity index (χ0v) is 15.2. The number of benzene rings is 2. The van der Waals surface area contributed by atoms with Crippen molar-refractivity contribution in [3.63, 3.8) is 0 Å². The molecule has 5 heteroatoms. The third-order valence-corrected chi connectivity index (χ3v) is 5.75. The summed E-state index contributed by atoms with van der Waals surface area (Å²) < 4.78 is 0.901. The summed E-state index contributed by atoms with van der Waals surface area (Å²) in [5.41, 5.74) is 3.04. The van der Waals surface area contributed by atoms with E-state index in [0.717, 1.165) is 21.2 Å². The van der Waals surface area contributed by atoms with E-state index in [9.17, 15) is 4.79 Å². The summed E-state index contributed by atoms with van der Waals surface area (Å²) in [5.74, 6) is 0.0719. The highest BCUT2D eigenvalue weighted by molar-refractivity contribution is 8.01. The van der Waals surface area contributed by atoms with Gasteiger partial charge in [0.1, 0.15) is 5.25 Å². The first-order valence-electron chi connectivity index (χ1n) is 7.59. The Bertz CT molecular complexity index is 801. The second-order valence-corrected chi connectivity index (χ2v) is 7.72. The number of amides is 1. The van der Waals surface area contributed by atoms with Crippen LogP contribution in [0.5, 0.6) is 0 Å². The van der Waals surface area contributed by atoms with Crippen LogP contribution in [0, 0.1) is 0 Å². The minimum absolute atomic E-state index is 0.0719. The second kappa shape index (κ2) is 7.64. The molecule has 0 aliphatic rings. The lowest BCUT2D eigenvalue weighted by atomic mass is 10.1. The van der Waals surface area contributed by atoms with Gasteiger partial charge in [-0.2, -0.15) is 0 Å². The van der Waals surface area contributed by atoms with Crippen LogP contribution in [-0.2, 0) is 4.79 Å². The van der Waals surface area contributed by atoms with Crippen molar-refractivity contribution in [1.29, 1.82) is 0 Å². The van der Waals surface area contributed by atoms with Crippen molar-refractivity contribution in [2.75, 3.05) is 14.1 Å². The number of nitrogens with zero attached hydrogens (tertiary/aromatic N) is 2. The second-order valence-electron chi connectivity index (χ2n) is 5.51. The predicted molar refractivity (Wildman–Crippen MR) is 101 cm³/mol. The Morgan fingerprint density at radius 2 is 1.67 bits per heavy atom. The first-order valence-corrected chi connectivity index (χ1v) is 9.35. The Labute approximate surface area is 150 Å². The van der Waals surface area contributed by atoms with Crippen molar-refractivity contribution in [2.45, 2.75) is 9.59 Å². The molecule has 1 heterocycles. The Kier molecular flexibility index (Phi) is 5.33. The Morgan fingerprint density at radius 3 is 2.29 bits per heavy atom. The fourth-order valence-corrected chi connectivity index (χ4v) is 4.44. The molecule has 0 unspecified atom stereocenters. The number of carbonyl (C=O) groups is 1. The highest BCUT2D eigenvalue weighted by atomic mass is 32.2. The Balaban J connectivity index is 1.86. The maximum Gasteiger partial charge on any atom is 0.240 e. The van der Waals surface area contributed by atoms with E-state index in [1.54, 1.807) is 30.3 Å². The van der Waals surface area contributed by atoms with Crippen LogP contribution in [0.2, 0.25) is 0 Å². The highest BCUT2D eigenvalue weighted by Crippen LogP contribution is 2.39. The van der Waals surface area contributed by atoms with Crippen LogP contribution in [0.15, 0.2) is 70.4 Å². The number of aromatic nitrogens is 1. The molecule has 0 saturated heterocycles. The van der Waals surface area contributed by atoms with Crippen LogP contribution in [0.25, 0.3) is 11.3 Å². The first-order chi connectivity index (χ1) is 11.6. The zero-order valence-electron chi connectivity index (χ0n) is 13.5. The summed E-state index contributed by atoms with van der Waals surface area (Å²) in [6.07, 6.45) is 0. The molecule has 3 nitrogen and oxygen atoms in total. The van der Waals surface area contributed by atoms with Crippen LogP contribution in [0.1, 0.15) is 10.8 Å². The summed E-state index contributed by atoms with van der Waals surface area (Å²) in [4.78, 5) is 18.9. The molecule has 122 valence electrons. The van der Waals surface area contributed by atoms with E-state index in [4.69, 9.17) is 4.98 Å². The third-order valence-electron chi connectivity index (χ3n) is 3.54. The fourth-order valence-electron chi connectivity index (χ4n) is 2.28. The van der Waals surface area contributed by atoms with Crippen LogP contribution < -0.4 is 0 Å². The minimum Gasteiger partial charge on any atom is -0.348 e. The van der Waals surface area contributed by atoms with Gasteiger partial charge in [0.15, 0.2) is 4.34 Å². The lowest BCUT2D eigenvalue weighted by molar-refractivity contribution is -0.128. The van der Waals surface area contributed by atoms with E-state index in [2.05, 4.69) is 0 Å². The van der Waals surface area contributed by atoms with Crippen LogP contribution >= 0.6 is 23.1 Å². The molecule has 3 rings (SSSR count). The third kappa shape index (κ3) is 3.86. The molecule has 2 aromatic carbocycles. The summed E-state index contributed by atoms with van der Waals surface area (Å²) in [5, 5.41) is 1.76. The van der Waals surface area contributed by atoms with Gasteiger partial charge in [0.25, 0.3) is 0 Å². The Hall–Kier alpha value is -2.11. The molecular weight excluding hydrogens is 336 g/mol. The quantitative estimate of drug-likeness (QED) is 0.621. The molecule has 0 spiro atoms. The van der Waals surface area contributed by atoms with E-state index in [1.807, 2.05) is 66.0 Å². The largest absolute Gasteiger partial charge is 0.348 e. The Morgan fingerprint density at radius 1 is 1.04 bits per heavy atom. The minimum atomic E-state index is -0.282. The number of likely N-dealkylation sites (N-methyl/N-ethyl adjacent to an activating group) is 1. The number of thioether (sulfide) groups is 1. The van der Waals surface area contributed by atoms with Gasteiger partial charge >= 0.3 is 0 Å². The van der Waals surface area contributed by atoms with Gasteiger partial charge < -0.3 is 4.90 Å². The number of rotatable bonds is 5. The summed E-state index contributed by atoms with van der Waals surface area (Å²) >= 11 is 3.09. The SMILES string of the molecule is CN(C)C(=O)[C@H](Sc1nc(-c2ccccc2)cs1)c1ccccc1. The van der Waals surface area contributed by atoms with Gasteiger partial charge in [-0.05, 0) is 5.56 Å². The molecule has 0 radical (unpaired) electrons. The molecule has 0 aliphatic heterocycles. The average molecular weight is 355 g/mol. The molecule has 0 N–H and O–H groups in total. The summed E-state index contributed by atoms with van der Waals surface area (Å²) in [6.45, 7) is 0. The normalized spacial score (nSPS) is 11.9. The van der Waals surface area contributed by atoms with Crippen molar-refractivity contribution in [2.24, 2.45) is 0 Å². The molecular formula is C19H18N2OS2. The number of carbonyl (C=O) groups excluding carboxylic acids is 1. The highest BCUT2D eigenvalue weighted by Gasteiger charge is 2.24. The molecule has 3 aromatic rings. The lowest BCUT2D eigenvalue weighted by Crippen LogP contribution is -2.26. The molecule has 24 heavy (non-hydrogen) atoms. The van der Waals surface area contributed by atoms with E-state index in [1.165, 1.54) is 11.8 Å². The molecule has 0 fully saturated rings. The van der Waals surface area contributed by atoms with Crippen molar-refractivity contribution >= 4 is 29.0 Å². The van der Waals surface area contributed by atoms with E-state index < -0.39 is 0 Å². The molecule has 0 aliphatic carbocycles. The van der Waals surface area contributed by atoms with E-state index in [0.29, 0.717) is 0 Å². The first kappa shape index (κ1) is 16.7. The van der Waals surface area contributed by atoms with Crippen molar-refractivity contribution in [3.05, 3.63) is 71.6 Å². The van der Waals surface area contributed by atoms with Gasteiger partial charge in [0.05, 0.1) is 5.69 Å². The number of hydrogen-bond donors (Lipinski definition) is 0. The predicted octanol–water partition coefficient (Wildman–Crippen LogP) is 4.73. The monoisotopic (exact) mass is 354 g/mol. The van der Waals surface area contributed by atoms with Gasteiger partial charge in [0.2, 0.25) is 5.91 Å². The van der Waals surface area contributed by atoms with Crippen molar-refractivity contribution in [1.82, 2.24) is 9.88 Å². The molecule has 1 amide bonds.